The van der Waals surface area contributed by atoms with Crippen molar-refractivity contribution in [1.29, 1.82) is 0 Å². The molecule has 0 radical (unpaired) electrons. The smallest absolute Gasteiger partial charge is 0.307 e. The van der Waals surface area contributed by atoms with Crippen LogP contribution >= 0.6 is 11.6 Å². The molecule has 7 heteroatoms. The quantitative estimate of drug-likeness (QED) is 0.840. The summed E-state index contributed by atoms with van der Waals surface area (Å²) in [5.41, 5.74) is -0.0590. The van der Waals surface area contributed by atoms with Gasteiger partial charge < -0.3 is 15.2 Å². The van der Waals surface area contributed by atoms with Crippen LogP contribution in [-0.4, -0.2) is 24.7 Å². The average molecular weight is 292 g/mol. The van der Waals surface area contributed by atoms with Crippen molar-refractivity contribution in [1.82, 2.24) is 5.32 Å². The van der Waals surface area contributed by atoms with Crippen LogP contribution in [0.15, 0.2) is 6.07 Å². The minimum absolute atomic E-state index is 0.0590. The number of methoxy groups -OCH3 is 1. The fourth-order valence-corrected chi connectivity index (χ4v) is 2.46. The highest BCUT2D eigenvalue weighted by atomic mass is 35.5. The van der Waals surface area contributed by atoms with Gasteiger partial charge in [0.05, 0.1) is 23.6 Å². The number of aliphatic carboxylic acids is 1. The van der Waals surface area contributed by atoms with Crippen LogP contribution in [-0.2, 0) is 4.79 Å². The monoisotopic (exact) mass is 291 g/mol. The molecule has 1 aliphatic rings. The van der Waals surface area contributed by atoms with Gasteiger partial charge in [-0.3, -0.25) is 4.79 Å². The molecule has 2 unspecified atom stereocenters. The topological polar surface area (TPSA) is 58.6 Å². The van der Waals surface area contributed by atoms with Crippen molar-refractivity contribution in [2.75, 3.05) is 13.7 Å². The van der Waals surface area contributed by atoms with Gasteiger partial charge in [0.2, 0.25) is 0 Å². The first-order valence-corrected chi connectivity index (χ1v) is 6.01. The summed E-state index contributed by atoms with van der Waals surface area (Å²) >= 11 is 5.61. The maximum absolute atomic E-state index is 14.0. The molecule has 2 rings (SSSR count). The molecule has 1 fully saturated rings. The standard InChI is InChI=1S/C12H12ClF2NO3/c1-19-11-7(14)3-6(13)10(15)9(11)8-2-5(4-16-8)12(17)18/h3,5,8,16H,2,4H2,1H3,(H,17,18). The Kier molecular flexibility index (Phi) is 3.91. The van der Waals surface area contributed by atoms with Gasteiger partial charge in [0.1, 0.15) is 5.82 Å². The van der Waals surface area contributed by atoms with E-state index in [1.807, 2.05) is 0 Å². The first-order valence-electron chi connectivity index (χ1n) is 5.63. The number of carboxylic acids is 1. The van der Waals surface area contributed by atoms with Crippen LogP contribution < -0.4 is 10.1 Å². The van der Waals surface area contributed by atoms with E-state index in [9.17, 15) is 13.6 Å². The second-order valence-electron chi connectivity index (χ2n) is 4.33. The average Bonchev–Trinajstić information content (AvgIpc) is 2.82. The number of rotatable bonds is 3. The first-order chi connectivity index (χ1) is 8.95. The Morgan fingerprint density at radius 1 is 1.58 bits per heavy atom. The summed E-state index contributed by atoms with van der Waals surface area (Å²) in [5.74, 6) is -3.42. The van der Waals surface area contributed by atoms with E-state index in [0.717, 1.165) is 6.07 Å². The molecule has 0 saturated carbocycles. The normalized spacial score (nSPS) is 22.5. The third kappa shape index (κ3) is 2.50. The van der Waals surface area contributed by atoms with Crippen molar-refractivity contribution in [3.05, 3.63) is 28.3 Å². The molecule has 0 spiro atoms. The zero-order valence-corrected chi connectivity index (χ0v) is 10.8. The van der Waals surface area contributed by atoms with Crippen molar-refractivity contribution < 1.29 is 23.4 Å². The molecular weight excluding hydrogens is 280 g/mol. The molecule has 0 bridgehead atoms. The molecule has 1 saturated heterocycles. The van der Waals surface area contributed by atoms with Crippen molar-refractivity contribution in [2.24, 2.45) is 5.92 Å². The zero-order chi connectivity index (χ0) is 14.2. The molecule has 4 nitrogen and oxygen atoms in total. The lowest BCUT2D eigenvalue weighted by Crippen LogP contribution is -2.18. The van der Waals surface area contributed by atoms with Gasteiger partial charge in [0, 0.05) is 12.6 Å². The van der Waals surface area contributed by atoms with Gasteiger partial charge in [-0.15, -0.1) is 0 Å². The summed E-state index contributed by atoms with van der Waals surface area (Å²) in [6, 6.07) is 0.201. The highest BCUT2D eigenvalue weighted by Gasteiger charge is 2.35. The van der Waals surface area contributed by atoms with E-state index in [-0.39, 0.29) is 29.3 Å². The molecule has 1 heterocycles. The van der Waals surface area contributed by atoms with Crippen LogP contribution in [0.25, 0.3) is 0 Å². The maximum atomic E-state index is 14.0. The fraction of sp³-hybridized carbons (Fsp3) is 0.417. The summed E-state index contributed by atoms with van der Waals surface area (Å²) in [6.45, 7) is 0.191. The van der Waals surface area contributed by atoms with E-state index in [2.05, 4.69) is 5.32 Å². The number of nitrogens with one attached hydrogen (secondary N) is 1. The minimum Gasteiger partial charge on any atom is -0.493 e. The van der Waals surface area contributed by atoms with Crippen LogP contribution in [0.4, 0.5) is 8.78 Å². The van der Waals surface area contributed by atoms with Crippen LogP contribution in [0.2, 0.25) is 5.02 Å². The molecular formula is C12H12ClF2NO3. The van der Waals surface area contributed by atoms with Gasteiger partial charge in [0.25, 0.3) is 0 Å². The Morgan fingerprint density at radius 2 is 2.26 bits per heavy atom. The Labute approximate surface area is 113 Å². The van der Waals surface area contributed by atoms with Crippen LogP contribution in [0.5, 0.6) is 5.75 Å². The predicted octanol–water partition coefficient (Wildman–Crippen LogP) is 2.36. The minimum atomic E-state index is -0.975. The van der Waals surface area contributed by atoms with Crippen LogP contribution in [0, 0.1) is 17.6 Å². The van der Waals surface area contributed by atoms with E-state index in [1.54, 1.807) is 0 Å². The van der Waals surface area contributed by atoms with Crippen LogP contribution in [0.1, 0.15) is 18.0 Å². The molecule has 19 heavy (non-hydrogen) atoms. The number of halogens is 3. The van der Waals surface area contributed by atoms with Gasteiger partial charge in [-0.05, 0) is 12.5 Å². The highest BCUT2D eigenvalue weighted by Crippen LogP contribution is 2.39. The van der Waals surface area contributed by atoms with E-state index in [0.29, 0.717) is 0 Å². The number of carbonyl (C=O) groups is 1. The van der Waals surface area contributed by atoms with Crippen molar-refractivity contribution in [3.8, 4) is 5.75 Å². The highest BCUT2D eigenvalue weighted by molar-refractivity contribution is 6.30. The van der Waals surface area contributed by atoms with Gasteiger partial charge >= 0.3 is 5.97 Å². The summed E-state index contributed by atoms with van der Waals surface area (Å²) in [5, 5.41) is 11.4. The SMILES string of the molecule is COc1c(F)cc(Cl)c(F)c1C1CC(C(=O)O)CN1. The Bertz CT molecular complexity index is 524. The number of carboxylic acid groups (broad SMARTS) is 1. The second-order valence-corrected chi connectivity index (χ2v) is 4.74. The zero-order valence-electron chi connectivity index (χ0n) is 10.0. The van der Waals surface area contributed by atoms with Crippen LogP contribution in [0.3, 0.4) is 0 Å². The lowest BCUT2D eigenvalue weighted by Gasteiger charge is -2.17. The summed E-state index contributed by atoms with van der Waals surface area (Å²) in [6.07, 6.45) is 0.155. The summed E-state index contributed by atoms with van der Waals surface area (Å²) in [4.78, 5) is 10.9. The number of ether oxygens (including phenoxy) is 1. The van der Waals surface area contributed by atoms with E-state index >= 15 is 0 Å². The number of hydrogen-bond donors (Lipinski definition) is 2. The van der Waals surface area contributed by atoms with Crippen molar-refractivity contribution >= 4 is 17.6 Å². The Morgan fingerprint density at radius 3 is 2.79 bits per heavy atom. The largest absolute Gasteiger partial charge is 0.493 e. The lowest BCUT2D eigenvalue weighted by atomic mass is 9.98. The molecule has 2 N–H and O–H groups in total. The number of benzene rings is 1. The molecule has 2 atom stereocenters. The Hall–Kier alpha value is -1.40. The summed E-state index contributed by atoms with van der Waals surface area (Å²) < 4.78 is 32.6. The molecule has 0 amide bonds. The lowest BCUT2D eigenvalue weighted by molar-refractivity contribution is -0.141. The molecule has 1 aromatic rings. The first kappa shape index (κ1) is 14.0. The van der Waals surface area contributed by atoms with E-state index < -0.39 is 29.6 Å². The Balaban J connectivity index is 2.42. The molecule has 1 aliphatic heterocycles. The predicted molar refractivity (Wildman–Crippen MR) is 64.4 cm³/mol. The van der Waals surface area contributed by atoms with Gasteiger partial charge in [0.15, 0.2) is 11.6 Å². The molecule has 0 aromatic heterocycles. The number of hydrogen-bond acceptors (Lipinski definition) is 3. The van der Waals surface area contributed by atoms with E-state index in [4.69, 9.17) is 21.4 Å². The summed E-state index contributed by atoms with van der Waals surface area (Å²) in [7, 11) is 1.22. The molecule has 0 aliphatic carbocycles. The molecule has 1 aromatic carbocycles. The van der Waals surface area contributed by atoms with E-state index in [1.165, 1.54) is 7.11 Å². The van der Waals surface area contributed by atoms with Gasteiger partial charge in [-0.1, -0.05) is 11.6 Å². The fourth-order valence-electron chi connectivity index (χ4n) is 2.26. The maximum Gasteiger partial charge on any atom is 0.307 e. The van der Waals surface area contributed by atoms with Gasteiger partial charge in [-0.2, -0.15) is 0 Å². The third-order valence-electron chi connectivity index (χ3n) is 3.19. The second kappa shape index (κ2) is 5.30. The van der Waals surface area contributed by atoms with Crippen molar-refractivity contribution in [3.63, 3.8) is 0 Å². The van der Waals surface area contributed by atoms with Gasteiger partial charge in [-0.25, -0.2) is 8.78 Å². The van der Waals surface area contributed by atoms with Crippen molar-refractivity contribution in [2.45, 2.75) is 12.5 Å². The third-order valence-corrected chi connectivity index (χ3v) is 3.47. The molecule has 104 valence electrons.